The molecule has 2 aliphatic rings. The number of nitrogens with zero attached hydrogens (tertiary/aromatic N) is 2. The van der Waals surface area contributed by atoms with Gasteiger partial charge < -0.3 is 15.0 Å². The topological polar surface area (TPSA) is 84.7 Å². The molecule has 21 heavy (non-hydrogen) atoms. The summed E-state index contributed by atoms with van der Waals surface area (Å²) in [5, 5.41) is 14.2. The van der Waals surface area contributed by atoms with Crippen molar-refractivity contribution in [3.05, 3.63) is 34.4 Å². The van der Waals surface area contributed by atoms with Gasteiger partial charge in [-0.25, -0.2) is 0 Å². The van der Waals surface area contributed by atoms with Crippen LogP contribution in [0, 0.1) is 22.0 Å². The van der Waals surface area contributed by atoms with E-state index in [1.165, 1.54) is 12.1 Å². The summed E-state index contributed by atoms with van der Waals surface area (Å²) in [4.78, 5) is 24.3. The van der Waals surface area contributed by atoms with Crippen molar-refractivity contribution in [1.82, 2.24) is 10.2 Å². The molecule has 0 aliphatic carbocycles. The van der Waals surface area contributed by atoms with E-state index in [9.17, 15) is 14.9 Å². The molecule has 1 aromatic carbocycles. The van der Waals surface area contributed by atoms with Gasteiger partial charge in [-0.05, 0) is 17.9 Å². The van der Waals surface area contributed by atoms with E-state index >= 15 is 0 Å². The fraction of sp³-hybridized carbons (Fsp3) is 0.500. The van der Waals surface area contributed by atoms with Crippen LogP contribution in [0.15, 0.2) is 24.3 Å². The zero-order valence-corrected chi connectivity index (χ0v) is 11.5. The molecule has 0 spiro atoms. The smallest absolute Gasteiger partial charge is 0.310 e. The van der Waals surface area contributed by atoms with Crippen LogP contribution in [-0.4, -0.2) is 48.5 Å². The Morgan fingerprint density at radius 2 is 2.00 bits per heavy atom. The van der Waals surface area contributed by atoms with Gasteiger partial charge in [0.05, 0.1) is 4.92 Å². The van der Waals surface area contributed by atoms with Crippen molar-refractivity contribution in [2.24, 2.45) is 11.8 Å². The first-order valence-electron chi connectivity index (χ1n) is 7.00. The van der Waals surface area contributed by atoms with Crippen LogP contribution in [0.3, 0.4) is 0 Å². The van der Waals surface area contributed by atoms with Gasteiger partial charge in [0.25, 0.3) is 5.91 Å². The quantitative estimate of drug-likeness (QED) is 0.650. The lowest BCUT2D eigenvalue weighted by Crippen LogP contribution is -2.35. The summed E-state index contributed by atoms with van der Waals surface area (Å²) in [6, 6.07) is 6.10. The SMILES string of the molecule is O=C(COc1ccccc1[N+](=O)[O-])N1C[C@H]2CNC[C@H]2C1. The molecule has 2 atom stereocenters. The van der Waals surface area contributed by atoms with E-state index < -0.39 is 4.92 Å². The number of carbonyl (C=O) groups excluding carboxylic acids is 1. The number of rotatable bonds is 4. The highest BCUT2D eigenvalue weighted by atomic mass is 16.6. The van der Waals surface area contributed by atoms with Crippen LogP contribution in [-0.2, 0) is 4.79 Å². The van der Waals surface area contributed by atoms with Gasteiger partial charge in [0, 0.05) is 32.2 Å². The third-order valence-electron chi connectivity index (χ3n) is 4.16. The number of para-hydroxylation sites is 2. The molecule has 0 saturated carbocycles. The minimum absolute atomic E-state index is 0.109. The van der Waals surface area contributed by atoms with Crippen LogP contribution in [0.4, 0.5) is 5.69 Å². The van der Waals surface area contributed by atoms with Gasteiger partial charge >= 0.3 is 5.69 Å². The predicted octanol–water partition coefficient (Wildman–Crippen LogP) is 0.651. The lowest BCUT2D eigenvalue weighted by molar-refractivity contribution is -0.385. The lowest BCUT2D eigenvalue weighted by Gasteiger charge is -2.17. The molecule has 2 saturated heterocycles. The average Bonchev–Trinajstić information content (AvgIpc) is 3.06. The molecule has 112 valence electrons. The molecule has 7 nitrogen and oxygen atoms in total. The summed E-state index contributed by atoms with van der Waals surface area (Å²) in [5.41, 5.74) is -0.118. The summed E-state index contributed by atoms with van der Waals surface area (Å²) < 4.78 is 5.35. The van der Waals surface area contributed by atoms with E-state index in [0.29, 0.717) is 11.8 Å². The zero-order chi connectivity index (χ0) is 14.8. The molecule has 0 aromatic heterocycles. The summed E-state index contributed by atoms with van der Waals surface area (Å²) in [5.74, 6) is 1.08. The van der Waals surface area contributed by atoms with Crippen LogP contribution < -0.4 is 10.1 Å². The van der Waals surface area contributed by atoms with E-state index in [4.69, 9.17) is 4.74 Å². The second-order valence-corrected chi connectivity index (χ2v) is 5.49. The fourth-order valence-electron chi connectivity index (χ4n) is 3.02. The summed E-state index contributed by atoms with van der Waals surface area (Å²) >= 11 is 0. The third kappa shape index (κ3) is 2.82. The Balaban J connectivity index is 1.58. The van der Waals surface area contributed by atoms with Gasteiger partial charge in [-0.3, -0.25) is 14.9 Å². The second-order valence-electron chi connectivity index (χ2n) is 5.49. The minimum Gasteiger partial charge on any atom is -0.477 e. The van der Waals surface area contributed by atoms with E-state index in [2.05, 4.69) is 5.32 Å². The highest BCUT2D eigenvalue weighted by Crippen LogP contribution is 2.28. The van der Waals surface area contributed by atoms with Gasteiger partial charge in [-0.15, -0.1) is 0 Å². The molecule has 1 aromatic rings. The van der Waals surface area contributed by atoms with Crippen molar-refractivity contribution >= 4 is 11.6 Å². The lowest BCUT2D eigenvalue weighted by atomic mass is 10.0. The molecule has 2 fully saturated rings. The van der Waals surface area contributed by atoms with Gasteiger partial charge in [0.15, 0.2) is 12.4 Å². The summed E-state index contributed by atoms with van der Waals surface area (Å²) in [7, 11) is 0. The number of fused-ring (bicyclic) bond motifs is 1. The van der Waals surface area contributed by atoms with Crippen LogP contribution in [0.5, 0.6) is 5.75 Å². The Bertz CT molecular complexity index is 551. The highest BCUT2D eigenvalue weighted by Gasteiger charge is 2.38. The number of nitro benzene ring substituents is 1. The molecule has 2 heterocycles. The number of amides is 1. The number of likely N-dealkylation sites (tertiary alicyclic amines) is 1. The fourth-order valence-corrected chi connectivity index (χ4v) is 3.02. The molecule has 2 aliphatic heterocycles. The first-order chi connectivity index (χ1) is 10.1. The van der Waals surface area contributed by atoms with Crippen molar-refractivity contribution in [1.29, 1.82) is 0 Å². The Kier molecular flexibility index (Phi) is 3.74. The van der Waals surface area contributed by atoms with Crippen LogP contribution in [0.1, 0.15) is 0 Å². The number of nitrogens with one attached hydrogen (secondary N) is 1. The molecule has 7 heteroatoms. The number of hydrogen-bond donors (Lipinski definition) is 1. The normalized spacial score (nSPS) is 23.9. The molecular weight excluding hydrogens is 274 g/mol. The van der Waals surface area contributed by atoms with Crippen molar-refractivity contribution in [3.63, 3.8) is 0 Å². The monoisotopic (exact) mass is 291 g/mol. The molecule has 1 amide bonds. The van der Waals surface area contributed by atoms with Crippen LogP contribution in [0.25, 0.3) is 0 Å². The molecule has 0 bridgehead atoms. The maximum atomic E-state index is 12.1. The molecule has 3 rings (SSSR count). The minimum atomic E-state index is -0.508. The zero-order valence-electron chi connectivity index (χ0n) is 11.5. The number of benzene rings is 1. The van der Waals surface area contributed by atoms with Crippen LogP contribution in [0.2, 0.25) is 0 Å². The van der Waals surface area contributed by atoms with Crippen molar-refractivity contribution < 1.29 is 14.5 Å². The van der Waals surface area contributed by atoms with E-state index in [1.807, 2.05) is 0 Å². The standard InChI is InChI=1S/C14H17N3O4/c18-14(16-7-10-5-15-6-11(10)8-16)9-21-13-4-2-1-3-12(13)17(19)20/h1-4,10-11,15H,5-9H2/t10-,11+. The van der Waals surface area contributed by atoms with Crippen molar-refractivity contribution in [2.75, 3.05) is 32.8 Å². The predicted molar refractivity (Wildman–Crippen MR) is 75.0 cm³/mol. The highest BCUT2D eigenvalue weighted by molar-refractivity contribution is 5.78. The van der Waals surface area contributed by atoms with Gasteiger partial charge in [-0.2, -0.15) is 0 Å². The maximum absolute atomic E-state index is 12.1. The van der Waals surface area contributed by atoms with E-state index in [-0.39, 0.29) is 24.0 Å². The van der Waals surface area contributed by atoms with Crippen molar-refractivity contribution in [2.45, 2.75) is 0 Å². The molecule has 0 radical (unpaired) electrons. The maximum Gasteiger partial charge on any atom is 0.310 e. The number of hydrogen-bond acceptors (Lipinski definition) is 5. The number of ether oxygens (including phenoxy) is 1. The third-order valence-corrected chi connectivity index (χ3v) is 4.16. The number of carbonyl (C=O) groups is 1. The summed E-state index contributed by atoms with van der Waals surface area (Å²) in [6.45, 7) is 3.25. The van der Waals surface area contributed by atoms with Gasteiger partial charge in [-0.1, -0.05) is 12.1 Å². The average molecular weight is 291 g/mol. The Labute approximate surface area is 122 Å². The molecule has 1 N–H and O–H groups in total. The Morgan fingerprint density at radius 1 is 1.33 bits per heavy atom. The van der Waals surface area contributed by atoms with E-state index in [1.54, 1.807) is 17.0 Å². The molecular formula is C14H17N3O4. The van der Waals surface area contributed by atoms with Crippen molar-refractivity contribution in [3.8, 4) is 5.75 Å². The second kappa shape index (κ2) is 5.69. The Morgan fingerprint density at radius 3 is 2.67 bits per heavy atom. The van der Waals surface area contributed by atoms with E-state index in [0.717, 1.165) is 26.2 Å². The first-order valence-corrected chi connectivity index (χ1v) is 7.00. The summed E-state index contributed by atoms with van der Waals surface area (Å²) in [6.07, 6.45) is 0. The largest absolute Gasteiger partial charge is 0.477 e. The van der Waals surface area contributed by atoms with Gasteiger partial charge in [0.1, 0.15) is 0 Å². The van der Waals surface area contributed by atoms with Crippen LogP contribution >= 0.6 is 0 Å². The Hall–Kier alpha value is -2.15. The first kappa shape index (κ1) is 13.8. The molecule has 0 unspecified atom stereocenters. The number of nitro groups is 1. The van der Waals surface area contributed by atoms with Gasteiger partial charge in [0.2, 0.25) is 0 Å².